The molecule has 0 aliphatic carbocycles. The number of rotatable bonds is 6. The molecular formula is C16H16N2O5S2. The Morgan fingerprint density at radius 2 is 2.04 bits per heavy atom. The van der Waals surface area contributed by atoms with E-state index in [1.54, 1.807) is 37.5 Å². The quantitative estimate of drug-likeness (QED) is 0.570. The Labute approximate surface area is 154 Å². The SMILES string of the molecule is COc1ccc(/C=C2\SC(=S)N(C(C)C(=O)NCC(=O)O)C2=O)cc1. The molecule has 1 aliphatic heterocycles. The minimum absolute atomic E-state index is 0.253. The molecular weight excluding hydrogens is 364 g/mol. The zero-order chi connectivity index (χ0) is 18.6. The number of carboxylic acids is 1. The van der Waals surface area contributed by atoms with Crippen LogP contribution in [-0.2, 0) is 14.4 Å². The van der Waals surface area contributed by atoms with E-state index in [9.17, 15) is 14.4 Å². The maximum Gasteiger partial charge on any atom is 0.322 e. The summed E-state index contributed by atoms with van der Waals surface area (Å²) < 4.78 is 5.34. The van der Waals surface area contributed by atoms with Gasteiger partial charge < -0.3 is 15.2 Å². The molecule has 0 bridgehead atoms. The summed E-state index contributed by atoms with van der Waals surface area (Å²) in [6.07, 6.45) is 1.68. The molecule has 0 spiro atoms. The minimum Gasteiger partial charge on any atom is -0.497 e. The summed E-state index contributed by atoms with van der Waals surface area (Å²) in [6.45, 7) is 0.984. The lowest BCUT2D eigenvalue weighted by atomic mass is 10.2. The molecule has 1 heterocycles. The molecule has 1 saturated heterocycles. The molecule has 1 unspecified atom stereocenters. The highest BCUT2D eigenvalue weighted by Gasteiger charge is 2.38. The number of nitrogens with zero attached hydrogens (tertiary/aromatic N) is 1. The van der Waals surface area contributed by atoms with Crippen molar-refractivity contribution in [2.24, 2.45) is 0 Å². The van der Waals surface area contributed by atoms with Gasteiger partial charge in [-0.05, 0) is 30.7 Å². The number of carbonyl (C=O) groups excluding carboxylic acids is 2. The Morgan fingerprint density at radius 1 is 1.40 bits per heavy atom. The maximum absolute atomic E-state index is 12.6. The fourth-order valence-electron chi connectivity index (χ4n) is 2.09. The van der Waals surface area contributed by atoms with E-state index in [0.29, 0.717) is 10.7 Å². The van der Waals surface area contributed by atoms with Crippen molar-refractivity contribution in [1.29, 1.82) is 0 Å². The number of benzene rings is 1. The average Bonchev–Trinajstić information content (AvgIpc) is 2.86. The molecule has 9 heteroatoms. The number of hydrogen-bond acceptors (Lipinski definition) is 6. The first-order valence-corrected chi connectivity index (χ1v) is 8.46. The van der Waals surface area contributed by atoms with Gasteiger partial charge in [0.1, 0.15) is 22.7 Å². The molecule has 1 aliphatic rings. The van der Waals surface area contributed by atoms with Crippen molar-refractivity contribution in [2.75, 3.05) is 13.7 Å². The van der Waals surface area contributed by atoms with E-state index in [1.165, 1.54) is 11.8 Å². The number of carbonyl (C=O) groups is 3. The van der Waals surface area contributed by atoms with Crippen LogP contribution in [0.1, 0.15) is 12.5 Å². The van der Waals surface area contributed by atoms with Crippen LogP contribution in [0, 0.1) is 0 Å². The molecule has 132 valence electrons. The first-order chi connectivity index (χ1) is 11.8. The summed E-state index contributed by atoms with van der Waals surface area (Å²) in [6, 6.07) is 6.25. The lowest BCUT2D eigenvalue weighted by Gasteiger charge is -2.21. The second-order valence-electron chi connectivity index (χ2n) is 5.11. The third-order valence-electron chi connectivity index (χ3n) is 3.42. The van der Waals surface area contributed by atoms with Crippen molar-refractivity contribution in [3.8, 4) is 5.75 Å². The Kier molecular flexibility index (Phi) is 6.16. The van der Waals surface area contributed by atoms with Crippen LogP contribution >= 0.6 is 24.0 Å². The molecule has 1 atom stereocenters. The second kappa shape index (κ2) is 8.13. The van der Waals surface area contributed by atoms with Gasteiger partial charge in [-0.15, -0.1) is 0 Å². The van der Waals surface area contributed by atoms with Gasteiger partial charge >= 0.3 is 5.97 Å². The van der Waals surface area contributed by atoms with Crippen molar-refractivity contribution in [3.63, 3.8) is 0 Å². The summed E-state index contributed by atoms with van der Waals surface area (Å²) in [5, 5.41) is 10.9. The molecule has 2 rings (SSSR count). The van der Waals surface area contributed by atoms with Gasteiger partial charge in [0.25, 0.3) is 5.91 Å². The van der Waals surface area contributed by atoms with Gasteiger partial charge in [0.15, 0.2) is 0 Å². The average molecular weight is 380 g/mol. The van der Waals surface area contributed by atoms with Crippen molar-refractivity contribution in [3.05, 3.63) is 34.7 Å². The van der Waals surface area contributed by atoms with Crippen LogP contribution in [0.3, 0.4) is 0 Å². The van der Waals surface area contributed by atoms with Crippen LogP contribution in [0.5, 0.6) is 5.75 Å². The largest absolute Gasteiger partial charge is 0.497 e. The zero-order valence-electron chi connectivity index (χ0n) is 13.5. The van der Waals surface area contributed by atoms with Gasteiger partial charge in [-0.25, -0.2) is 0 Å². The van der Waals surface area contributed by atoms with Crippen molar-refractivity contribution < 1.29 is 24.2 Å². The number of carboxylic acid groups (broad SMARTS) is 1. The van der Waals surface area contributed by atoms with Gasteiger partial charge in [-0.3, -0.25) is 19.3 Å². The highest BCUT2D eigenvalue weighted by atomic mass is 32.2. The summed E-state index contributed by atoms with van der Waals surface area (Å²) in [4.78, 5) is 36.7. The number of nitrogens with one attached hydrogen (secondary N) is 1. The lowest BCUT2D eigenvalue weighted by Crippen LogP contribution is -2.48. The first-order valence-electron chi connectivity index (χ1n) is 7.24. The van der Waals surface area contributed by atoms with E-state index in [4.69, 9.17) is 22.1 Å². The van der Waals surface area contributed by atoms with E-state index < -0.39 is 24.5 Å². The van der Waals surface area contributed by atoms with Crippen molar-refractivity contribution >= 4 is 52.2 Å². The zero-order valence-corrected chi connectivity index (χ0v) is 15.1. The fourth-order valence-corrected chi connectivity index (χ4v) is 3.51. The summed E-state index contributed by atoms with van der Waals surface area (Å²) in [7, 11) is 1.57. The van der Waals surface area contributed by atoms with E-state index in [2.05, 4.69) is 5.32 Å². The lowest BCUT2D eigenvalue weighted by molar-refractivity contribution is -0.139. The van der Waals surface area contributed by atoms with E-state index in [-0.39, 0.29) is 10.2 Å². The van der Waals surface area contributed by atoms with E-state index in [1.807, 2.05) is 0 Å². The molecule has 1 aromatic rings. The van der Waals surface area contributed by atoms with Gasteiger partial charge in [0, 0.05) is 0 Å². The number of thiocarbonyl (C=S) groups is 1. The van der Waals surface area contributed by atoms with Crippen molar-refractivity contribution in [1.82, 2.24) is 10.2 Å². The van der Waals surface area contributed by atoms with Crippen LogP contribution in [-0.4, -0.2) is 51.8 Å². The van der Waals surface area contributed by atoms with Gasteiger partial charge in [-0.2, -0.15) is 0 Å². The molecule has 7 nitrogen and oxygen atoms in total. The third kappa shape index (κ3) is 4.58. The summed E-state index contributed by atoms with van der Waals surface area (Å²) in [5.74, 6) is -1.42. The molecule has 1 aromatic carbocycles. The highest BCUT2D eigenvalue weighted by molar-refractivity contribution is 8.26. The van der Waals surface area contributed by atoms with Gasteiger partial charge in [-0.1, -0.05) is 36.1 Å². The minimum atomic E-state index is -1.16. The van der Waals surface area contributed by atoms with Crippen molar-refractivity contribution in [2.45, 2.75) is 13.0 Å². The number of methoxy groups -OCH3 is 1. The second-order valence-corrected chi connectivity index (χ2v) is 6.79. The predicted octanol–water partition coefficient (Wildman–Crippen LogP) is 1.49. The monoisotopic (exact) mass is 380 g/mol. The normalized spacial score (nSPS) is 16.9. The molecule has 25 heavy (non-hydrogen) atoms. The van der Waals surface area contributed by atoms with E-state index >= 15 is 0 Å². The predicted molar refractivity (Wildman–Crippen MR) is 98.1 cm³/mol. The number of aliphatic carboxylic acids is 1. The molecule has 0 radical (unpaired) electrons. The standard InChI is InChI=1S/C16H16N2O5S2/c1-9(14(21)17-8-13(19)20)18-15(22)12(25-16(18)24)7-10-3-5-11(23-2)6-4-10/h3-7,9H,8H2,1-2H3,(H,17,21)(H,19,20)/b12-7-. The van der Waals surface area contributed by atoms with Crippen LogP contribution in [0.2, 0.25) is 0 Å². The maximum atomic E-state index is 12.6. The van der Waals surface area contributed by atoms with Gasteiger partial charge in [0.05, 0.1) is 12.0 Å². The van der Waals surface area contributed by atoms with Gasteiger partial charge in [0.2, 0.25) is 5.91 Å². The Hall–Kier alpha value is -2.39. The van der Waals surface area contributed by atoms with Crippen LogP contribution in [0.4, 0.5) is 0 Å². The Morgan fingerprint density at radius 3 is 2.60 bits per heavy atom. The summed E-state index contributed by atoms with van der Waals surface area (Å²) >= 11 is 6.29. The summed E-state index contributed by atoms with van der Waals surface area (Å²) in [5.41, 5.74) is 0.796. The number of ether oxygens (including phenoxy) is 1. The Balaban J connectivity index is 2.14. The topological polar surface area (TPSA) is 95.9 Å². The molecule has 1 fully saturated rings. The smallest absolute Gasteiger partial charge is 0.322 e. The number of thioether (sulfide) groups is 1. The molecule has 2 N–H and O–H groups in total. The third-order valence-corrected chi connectivity index (χ3v) is 4.75. The number of hydrogen-bond donors (Lipinski definition) is 2. The van der Waals surface area contributed by atoms with Crippen LogP contribution in [0.25, 0.3) is 6.08 Å². The molecule has 2 amide bonds. The molecule has 0 aromatic heterocycles. The fraction of sp³-hybridized carbons (Fsp3) is 0.250. The Bertz CT molecular complexity index is 745. The first kappa shape index (κ1) is 18.9. The molecule has 0 saturated carbocycles. The van der Waals surface area contributed by atoms with Crippen LogP contribution in [0.15, 0.2) is 29.2 Å². The highest BCUT2D eigenvalue weighted by Crippen LogP contribution is 2.34. The van der Waals surface area contributed by atoms with E-state index in [0.717, 1.165) is 17.3 Å². The van der Waals surface area contributed by atoms with Crippen LogP contribution < -0.4 is 10.1 Å². The number of amides is 2.